The third-order valence-electron chi connectivity index (χ3n) is 3.28. The second-order valence-corrected chi connectivity index (χ2v) is 4.77. The quantitative estimate of drug-likeness (QED) is 0.840. The van der Waals surface area contributed by atoms with Crippen LogP contribution in [0.4, 0.5) is 5.82 Å². The van der Waals surface area contributed by atoms with Gasteiger partial charge in [-0.3, -0.25) is 0 Å². The van der Waals surface area contributed by atoms with E-state index >= 15 is 0 Å². The van der Waals surface area contributed by atoms with E-state index in [2.05, 4.69) is 41.3 Å². The first-order chi connectivity index (χ1) is 7.75. The summed E-state index contributed by atoms with van der Waals surface area (Å²) in [5.74, 6) is 1.90. The molecule has 0 spiro atoms. The van der Waals surface area contributed by atoms with Crippen LogP contribution in [0.1, 0.15) is 18.4 Å². The van der Waals surface area contributed by atoms with Crippen LogP contribution >= 0.6 is 0 Å². The molecule has 0 amide bonds. The minimum atomic E-state index is 0.814. The van der Waals surface area contributed by atoms with Crippen molar-refractivity contribution in [3.05, 3.63) is 23.9 Å². The van der Waals surface area contributed by atoms with E-state index in [9.17, 15) is 0 Å². The van der Waals surface area contributed by atoms with Crippen molar-refractivity contribution < 1.29 is 0 Å². The van der Waals surface area contributed by atoms with Gasteiger partial charge in [0.05, 0.1) is 0 Å². The Balaban J connectivity index is 1.91. The van der Waals surface area contributed by atoms with Crippen LogP contribution in [0.25, 0.3) is 0 Å². The van der Waals surface area contributed by atoms with Crippen LogP contribution in [0.5, 0.6) is 0 Å². The molecule has 1 aliphatic rings. The van der Waals surface area contributed by atoms with Crippen LogP contribution in [0.15, 0.2) is 18.3 Å². The van der Waals surface area contributed by atoms with Gasteiger partial charge < -0.3 is 10.2 Å². The van der Waals surface area contributed by atoms with Crippen LogP contribution in [-0.2, 0) is 0 Å². The third-order valence-corrected chi connectivity index (χ3v) is 3.28. The van der Waals surface area contributed by atoms with Crippen molar-refractivity contribution in [2.75, 3.05) is 31.6 Å². The van der Waals surface area contributed by atoms with Crippen molar-refractivity contribution in [1.29, 1.82) is 0 Å². The summed E-state index contributed by atoms with van der Waals surface area (Å²) in [6.07, 6.45) is 4.51. The van der Waals surface area contributed by atoms with Crippen LogP contribution in [0.2, 0.25) is 0 Å². The van der Waals surface area contributed by atoms with Gasteiger partial charge in [0.1, 0.15) is 5.82 Å². The molecular weight excluding hydrogens is 198 g/mol. The molecule has 16 heavy (non-hydrogen) atoms. The Bertz CT molecular complexity index is 314. The number of aromatic nitrogens is 1. The number of hydrogen-bond acceptors (Lipinski definition) is 3. The molecule has 88 valence electrons. The van der Waals surface area contributed by atoms with Gasteiger partial charge in [-0.05, 0) is 50.4 Å². The van der Waals surface area contributed by atoms with Crippen LogP contribution < -0.4 is 10.2 Å². The number of nitrogens with one attached hydrogen (secondary N) is 1. The third kappa shape index (κ3) is 2.95. The lowest BCUT2D eigenvalue weighted by molar-refractivity contribution is 0.377. The second-order valence-electron chi connectivity index (χ2n) is 4.77. The molecule has 0 bridgehead atoms. The number of nitrogens with zero attached hydrogens (tertiary/aromatic N) is 2. The summed E-state index contributed by atoms with van der Waals surface area (Å²) in [5.41, 5.74) is 1.22. The highest BCUT2D eigenvalue weighted by molar-refractivity contribution is 5.38. The van der Waals surface area contributed by atoms with Gasteiger partial charge in [0.2, 0.25) is 0 Å². The lowest BCUT2D eigenvalue weighted by Crippen LogP contribution is -2.34. The first-order valence-corrected chi connectivity index (χ1v) is 6.10. The van der Waals surface area contributed by atoms with Crippen molar-refractivity contribution in [2.24, 2.45) is 5.92 Å². The van der Waals surface area contributed by atoms with Gasteiger partial charge in [-0.1, -0.05) is 6.07 Å². The Morgan fingerprint density at radius 3 is 2.75 bits per heavy atom. The Labute approximate surface area is 97.9 Å². The molecule has 1 N–H and O–H groups in total. The molecule has 0 aliphatic carbocycles. The molecule has 2 heterocycles. The lowest BCUT2D eigenvalue weighted by atomic mass is 9.98. The maximum absolute atomic E-state index is 4.45. The summed E-state index contributed by atoms with van der Waals surface area (Å²) in [5, 5.41) is 3.40. The second kappa shape index (κ2) is 5.30. The summed E-state index contributed by atoms with van der Waals surface area (Å²) >= 11 is 0. The molecule has 0 saturated carbocycles. The van der Waals surface area contributed by atoms with E-state index in [1.165, 1.54) is 31.5 Å². The summed E-state index contributed by atoms with van der Waals surface area (Å²) < 4.78 is 0. The highest BCUT2D eigenvalue weighted by Crippen LogP contribution is 2.16. The molecule has 0 unspecified atom stereocenters. The van der Waals surface area contributed by atoms with E-state index in [-0.39, 0.29) is 0 Å². The number of aryl methyl sites for hydroxylation is 1. The molecular formula is C13H21N3. The first-order valence-electron chi connectivity index (χ1n) is 6.10. The highest BCUT2D eigenvalue weighted by Gasteiger charge is 2.15. The summed E-state index contributed by atoms with van der Waals surface area (Å²) in [6.45, 7) is 5.53. The van der Waals surface area contributed by atoms with Gasteiger partial charge in [-0.2, -0.15) is 0 Å². The van der Waals surface area contributed by atoms with Crippen molar-refractivity contribution in [3.8, 4) is 0 Å². The highest BCUT2D eigenvalue weighted by atomic mass is 15.2. The molecule has 1 aliphatic heterocycles. The topological polar surface area (TPSA) is 28.2 Å². The van der Waals surface area contributed by atoms with Gasteiger partial charge in [0, 0.05) is 19.8 Å². The fraction of sp³-hybridized carbons (Fsp3) is 0.615. The normalized spacial score (nSPS) is 17.4. The van der Waals surface area contributed by atoms with Crippen molar-refractivity contribution in [2.45, 2.75) is 19.8 Å². The van der Waals surface area contributed by atoms with Crippen molar-refractivity contribution in [3.63, 3.8) is 0 Å². The van der Waals surface area contributed by atoms with Gasteiger partial charge in [-0.15, -0.1) is 0 Å². The van der Waals surface area contributed by atoms with Crippen molar-refractivity contribution in [1.82, 2.24) is 10.3 Å². The number of rotatable bonds is 3. The maximum atomic E-state index is 4.45. The number of hydrogen-bond donors (Lipinski definition) is 1. The Morgan fingerprint density at radius 2 is 2.12 bits per heavy atom. The molecule has 3 heteroatoms. The smallest absolute Gasteiger partial charge is 0.128 e. The van der Waals surface area contributed by atoms with E-state index in [4.69, 9.17) is 0 Å². The Morgan fingerprint density at radius 1 is 1.38 bits per heavy atom. The van der Waals surface area contributed by atoms with Gasteiger partial charge >= 0.3 is 0 Å². The van der Waals surface area contributed by atoms with E-state index < -0.39 is 0 Å². The molecule has 1 fully saturated rings. The predicted octanol–water partition coefficient (Wildman–Crippen LogP) is 1.83. The molecule has 1 saturated heterocycles. The zero-order chi connectivity index (χ0) is 11.4. The fourth-order valence-electron chi connectivity index (χ4n) is 2.23. The van der Waals surface area contributed by atoms with Gasteiger partial charge in [-0.25, -0.2) is 4.98 Å². The van der Waals surface area contributed by atoms with Crippen LogP contribution in [0, 0.1) is 12.8 Å². The van der Waals surface area contributed by atoms with E-state index in [0.717, 1.165) is 18.3 Å². The monoisotopic (exact) mass is 219 g/mol. The Hall–Kier alpha value is -1.09. The van der Waals surface area contributed by atoms with Crippen LogP contribution in [0.3, 0.4) is 0 Å². The molecule has 0 aromatic carbocycles. The summed E-state index contributed by atoms with van der Waals surface area (Å²) in [4.78, 5) is 6.73. The van der Waals surface area contributed by atoms with Gasteiger partial charge in [0.25, 0.3) is 0 Å². The largest absolute Gasteiger partial charge is 0.359 e. The van der Waals surface area contributed by atoms with Crippen molar-refractivity contribution >= 4 is 5.82 Å². The average molecular weight is 219 g/mol. The fourth-order valence-corrected chi connectivity index (χ4v) is 2.23. The number of anilines is 1. The lowest BCUT2D eigenvalue weighted by Gasteiger charge is -2.28. The molecule has 2 rings (SSSR count). The molecule has 1 aromatic rings. The first kappa shape index (κ1) is 11.4. The zero-order valence-electron chi connectivity index (χ0n) is 10.2. The molecule has 0 atom stereocenters. The average Bonchev–Trinajstić information content (AvgIpc) is 2.31. The van der Waals surface area contributed by atoms with Crippen LogP contribution in [-0.4, -0.2) is 31.7 Å². The molecule has 0 radical (unpaired) electrons. The van der Waals surface area contributed by atoms with E-state index in [0.29, 0.717) is 0 Å². The maximum Gasteiger partial charge on any atom is 0.128 e. The zero-order valence-corrected chi connectivity index (χ0v) is 10.2. The SMILES string of the molecule is Cc1ccc(N(C)CC2CCNCC2)nc1. The van der Waals surface area contributed by atoms with Gasteiger partial charge in [0.15, 0.2) is 0 Å². The summed E-state index contributed by atoms with van der Waals surface area (Å²) in [7, 11) is 2.14. The molecule has 1 aromatic heterocycles. The van der Waals surface area contributed by atoms with E-state index in [1.54, 1.807) is 0 Å². The standard InChI is InChI=1S/C13H21N3/c1-11-3-4-13(15-9-11)16(2)10-12-5-7-14-8-6-12/h3-4,9,12,14H,5-8,10H2,1-2H3. The number of pyridine rings is 1. The predicted molar refractivity (Wildman–Crippen MR) is 67.8 cm³/mol. The minimum Gasteiger partial charge on any atom is -0.359 e. The summed E-state index contributed by atoms with van der Waals surface area (Å²) in [6, 6.07) is 4.23. The molecule has 3 nitrogen and oxygen atoms in total. The minimum absolute atomic E-state index is 0.814. The number of piperidine rings is 1. The Kier molecular flexibility index (Phi) is 3.78. The van der Waals surface area contributed by atoms with E-state index in [1.807, 2.05) is 6.20 Å².